The topological polar surface area (TPSA) is 56.1 Å². The van der Waals surface area contributed by atoms with Crippen molar-refractivity contribution in [2.24, 2.45) is 0 Å². The molecular weight excluding hydrogens is 333 g/mol. The zero-order valence-corrected chi connectivity index (χ0v) is 14.7. The van der Waals surface area contributed by atoms with E-state index in [0.29, 0.717) is 27.8 Å². The van der Waals surface area contributed by atoms with Crippen molar-refractivity contribution in [2.45, 2.75) is 45.2 Å². The van der Waals surface area contributed by atoms with E-state index in [9.17, 15) is 10.1 Å². The summed E-state index contributed by atoms with van der Waals surface area (Å²) in [6.45, 7) is 4.21. The number of nitrogens with zero attached hydrogens (tertiary/aromatic N) is 2. The van der Waals surface area contributed by atoms with Crippen LogP contribution in [0.1, 0.15) is 33.1 Å². The van der Waals surface area contributed by atoms with Gasteiger partial charge in [-0.15, -0.1) is 0 Å². The third-order valence-corrected chi connectivity index (χ3v) is 4.63. The summed E-state index contributed by atoms with van der Waals surface area (Å²) in [6, 6.07) is 7.40. The van der Waals surface area contributed by atoms with E-state index in [-0.39, 0.29) is 5.57 Å². The Labute approximate surface area is 146 Å². The molecule has 0 aromatic heterocycles. The molecule has 1 aromatic rings. The van der Waals surface area contributed by atoms with E-state index >= 15 is 0 Å². The molecule has 0 radical (unpaired) electrons. The van der Waals surface area contributed by atoms with Crippen LogP contribution in [0.5, 0.6) is 0 Å². The van der Waals surface area contributed by atoms with E-state index in [1.807, 2.05) is 6.07 Å². The predicted molar refractivity (Wildman–Crippen MR) is 93.4 cm³/mol. The molecule has 0 bridgehead atoms. The number of nitrogens with one attached hydrogen (secondary N) is 1. The number of likely N-dealkylation sites (tertiary alicyclic amines) is 1. The lowest BCUT2D eigenvalue weighted by molar-refractivity contribution is -0.112. The number of rotatable bonds is 3. The van der Waals surface area contributed by atoms with Crippen molar-refractivity contribution in [1.82, 2.24) is 4.90 Å². The minimum absolute atomic E-state index is 0.0663. The molecule has 0 spiro atoms. The molecule has 0 saturated carbocycles. The molecule has 1 fully saturated rings. The largest absolute Gasteiger partial charge is 0.371 e. The summed E-state index contributed by atoms with van der Waals surface area (Å²) in [4.78, 5) is 14.4. The number of hydrogen-bond acceptors (Lipinski definition) is 3. The first-order valence-electron chi connectivity index (χ1n) is 7.58. The van der Waals surface area contributed by atoms with Gasteiger partial charge < -0.3 is 10.2 Å². The number of nitriles is 1. The van der Waals surface area contributed by atoms with Crippen molar-refractivity contribution >= 4 is 34.8 Å². The van der Waals surface area contributed by atoms with Crippen LogP contribution in [-0.4, -0.2) is 22.9 Å². The van der Waals surface area contributed by atoms with Gasteiger partial charge in [-0.25, -0.2) is 0 Å². The summed E-state index contributed by atoms with van der Waals surface area (Å²) in [5, 5.41) is 12.8. The first kappa shape index (κ1) is 17.7. The van der Waals surface area contributed by atoms with Crippen molar-refractivity contribution in [3.63, 3.8) is 0 Å². The van der Waals surface area contributed by atoms with Crippen LogP contribution in [0.3, 0.4) is 0 Å². The van der Waals surface area contributed by atoms with E-state index in [1.165, 1.54) is 6.42 Å². The van der Waals surface area contributed by atoms with E-state index < -0.39 is 5.91 Å². The second-order valence-electron chi connectivity index (χ2n) is 5.81. The van der Waals surface area contributed by atoms with Crippen molar-refractivity contribution < 1.29 is 4.79 Å². The Bertz CT molecular complexity index is 656. The average molecular weight is 352 g/mol. The lowest BCUT2D eigenvalue weighted by Crippen LogP contribution is -2.40. The molecule has 1 aliphatic heterocycles. The van der Waals surface area contributed by atoms with Gasteiger partial charge in [0.1, 0.15) is 11.6 Å². The molecule has 1 N–H and O–H groups in total. The summed E-state index contributed by atoms with van der Waals surface area (Å²) in [5.74, 6) is -0.471. The highest BCUT2D eigenvalue weighted by atomic mass is 35.5. The van der Waals surface area contributed by atoms with Crippen LogP contribution < -0.4 is 5.32 Å². The molecule has 0 aliphatic carbocycles. The molecule has 2 unspecified atom stereocenters. The molecule has 6 heteroatoms. The van der Waals surface area contributed by atoms with Crippen molar-refractivity contribution in [2.75, 3.05) is 5.32 Å². The van der Waals surface area contributed by atoms with E-state index in [0.717, 1.165) is 12.8 Å². The van der Waals surface area contributed by atoms with Crippen LogP contribution in [-0.2, 0) is 4.79 Å². The fourth-order valence-electron chi connectivity index (χ4n) is 2.76. The van der Waals surface area contributed by atoms with Crippen molar-refractivity contribution in [3.8, 4) is 6.07 Å². The number of hydrogen-bond donors (Lipinski definition) is 1. The van der Waals surface area contributed by atoms with E-state index in [4.69, 9.17) is 23.2 Å². The Hall–Kier alpha value is -1.70. The summed E-state index contributed by atoms with van der Waals surface area (Å²) in [7, 11) is 0. The molecule has 1 saturated heterocycles. The zero-order chi connectivity index (χ0) is 17.0. The number of carbonyl (C=O) groups is 1. The SMILES string of the molecule is CC1CCCC(C)N1/C=C(/C#N)C(=O)Nc1ccc(Cl)cc1Cl. The zero-order valence-electron chi connectivity index (χ0n) is 13.1. The minimum Gasteiger partial charge on any atom is -0.371 e. The van der Waals surface area contributed by atoms with Gasteiger partial charge in [-0.05, 0) is 51.3 Å². The highest BCUT2D eigenvalue weighted by Gasteiger charge is 2.24. The number of anilines is 1. The van der Waals surface area contributed by atoms with Crippen LogP contribution in [0.15, 0.2) is 30.0 Å². The van der Waals surface area contributed by atoms with Gasteiger partial charge in [0.05, 0.1) is 10.7 Å². The molecule has 23 heavy (non-hydrogen) atoms. The van der Waals surface area contributed by atoms with Gasteiger partial charge in [0.2, 0.25) is 0 Å². The van der Waals surface area contributed by atoms with E-state index in [1.54, 1.807) is 24.4 Å². The van der Waals surface area contributed by atoms with Crippen LogP contribution in [0.25, 0.3) is 0 Å². The lowest BCUT2D eigenvalue weighted by Gasteiger charge is -2.38. The molecule has 1 heterocycles. The maximum atomic E-state index is 12.3. The highest BCUT2D eigenvalue weighted by Crippen LogP contribution is 2.26. The van der Waals surface area contributed by atoms with Gasteiger partial charge in [0, 0.05) is 23.3 Å². The third-order valence-electron chi connectivity index (χ3n) is 4.08. The number of benzene rings is 1. The normalized spacial score (nSPS) is 21.7. The van der Waals surface area contributed by atoms with Crippen molar-refractivity contribution in [1.29, 1.82) is 5.26 Å². The maximum Gasteiger partial charge on any atom is 0.267 e. The molecule has 1 aromatic carbocycles. The fraction of sp³-hybridized carbons (Fsp3) is 0.412. The lowest BCUT2D eigenvalue weighted by atomic mass is 9.98. The van der Waals surface area contributed by atoms with Crippen LogP contribution in [0, 0.1) is 11.3 Å². The number of piperidine rings is 1. The second kappa shape index (κ2) is 7.72. The van der Waals surface area contributed by atoms with Gasteiger partial charge in [-0.3, -0.25) is 4.79 Å². The molecule has 2 rings (SSSR count). The van der Waals surface area contributed by atoms with Crippen LogP contribution >= 0.6 is 23.2 Å². The number of carbonyl (C=O) groups excluding carboxylic acids is 1. The van der Waals surface area contributed by atoms with Crippen LogP contribution in [0.2, 0.25) is 10.0 Å². The summed E-state index contributed by atoms with van der Waals surface area (Å²) < 4.78 is 0. The Morgan fingerprint density at radius 3 is 2.57 bits per heavy atom. The Morgan fingerprint density at radius 1 is 1.35 bits per heavy atom. The summed E-state index contributed by atoms with van der Waals surface area (Å²) in [6.07, 6.45) is 4.95. The fourth-order valence-corrected chi connectivity index (χ4v) is 3.22. The first-order valence-corrected chi connectivity index (χ1v) is 8.33. The van der Waals surface area contributed by atoms with E-state index in [2.05, 4.69) is 24.1 Å². The number of halogens is 2. The quantitative estimate of drug-likeness (QED) is 0.639. The Balaban J connectivity index is 2.18. The Kier molecular flexibility index (Phi) is 5.92. The summed E-state index contributed by atoms with van der Waals surface area (Å²) in [5.41, 5.74) is 0.499. The monoisotopic (exact) mass is 351 g/mol. The summed E-state index contributed by atoms with van der Waals surface area (Å²) >= 11 is 11.9. The third kappa shape index (κ3) is 4.40. The highest BCUT2D eigenvalue weighted by molar-refractivity contribution is 6.36. The van der Waals surface area contributed by atoms with Gasteiger partial charge in [0.25, 0.3) is 5.91 Å². The predicted octanol–water partition coefficient (Wildman–Crippen LogP) is 4.60. The Morgan fingerprint density at radius 2 is 2.00 bits per heavy atom. The maximum absolute atomic E-state index is 12.3. The smallest absolute Gasteiger partial charge is 0.267 e. The molecule has 122 valence electrons. The standard InChI is InChI=1S/C17H19Cl2N3O/c1-11-4-3-5-12(2)22(11)10-13(9-20)17(23)21-16-7-6-14(18)8-15(16)19/h6-8,10-12H,3-5H2,1-2H3,(H,21,23)/b13-10-. The minimum atomic E-state index is -0.471. The molecule has 1 amide bonds. The van der Waals surface area contributed by atoms with Gasteiger partial charge in [0.15, 0.2) is 0 Å². The number of amides is 1. The second-order valence-corrected chi connectivity index (χ2v) is 6.65. The molecule has 1 aliphatic rings. The first-order chi connectivity index (χ1) is 10.9. The van der Waals surface area contributed by atoms with Gasteiger partial charge in [-0.2, -0.15) is 5.26 Å². The van der Waals surface area contributed by atoms with Crippen molar-refractivity contribution in [3.05, 3.63) is 40.0 Å². The molecular formula is C17H19Cl2N3O. The molecule has 2 atom stereocenters. The van der Waals surface area contributed by atoms with Gasteiger partial charge >= 0.3 is 0 Å². The van der Waals surface area contributed by atoms with Crippen LogP contribution in [0.4, 0.5) is 5.69 Å². The average Bonchev–Trinajstić information content (AvgIpc) is 2.50. The molecule has 4 nitrogen and oxygen atoms in total. The van der Waals surface area contributed by atoms with Gasteiger partial charge in [-0.1, -0.05) is 23.2 Å².